The normalized spacial score (nSPS) is 23.7. The molecule has 2 heterocycles. The number of aromatic amines is 1. The predicted octanol–water partition coefficient (Wildman–Crippen LogP) is 3.33. The second kappa shape index (κ2) is 9.01. The number of anilines is 2. The molecule has 1 aromatic heterocycles. The van der Waals surface area contributed by atoms with Crippen molar-refractivity contribution in [3.05, 3.63) is 24.0 Å². The molecule has 1 aliphatic heterocycles. The number of aromatic nitrogens is 3. The van der Waals surface area contributed by atoms with Gasteiger partial charge in [0.25, 0.3) is 5.91 Å². The van der Waals surface area contributed by atoms with Crippen LogP contribution in [-0.4, -0.2) is 70.2 Å². The molecule has 1 saturated heterocycles. The number of alkyl halides is 2. The summed E-state index contributed by atoms with van der Waals surface area (Å²) >= 11 is 0. The minimum absolute atomic E-state index is 0.0158. The van der Waals surface area contributed by atoms with Crippen molar-refractivity contribution < 1.29 is 13.6 Å². The van der Waals surface area contributed by atoms with Crippen molar-refractivity contribution in [1.82, 2.24) is 25.4 Å². The van der Waals surface area contributed by atoms with Crippen LogP contribution in [0.4, 0.5) is 20.2 Å². The van der Waals surface area contributed by atoms with Gasteiger partial charge in [-0.05, 0) is 44.9 Å². The number of nitrogens with one attached hydrogen (secondary N) is 4. The van der Waals surface area contributed by atoms with E-state index in [1.54, 1.807) is 4.90 Å². The molecule has 2 atom stereocenters. The lowest BCUT2D eigenvalue weighted by atomic mass is 9.92. The average molecular weight is 448 g/mol. The summed E-state index contributed by atoms with van der Waals surface area (Å²) in [6.07, 6.45) is 0.631. The maximum atomic E-state index is 13.5. The number of carbonyl (C=O) groups excluding carboxylic acids is 1. The summed E-state index contributed by atoms with van der Waals surface area (Å²) in [5.41, 5.74) is 2.41. The SMILES string of the molecule is CNc1ccc(-c2n[nH]c(C(=O)N3C[C@@H](C)N[C@@H](C)C3)n2)cc1NC1CCC(F)(F)CC1. The van der Waals surface area contributed by atoms with Crippen molar-refractivity contribution in [3.8, 4) is 11.4 Å². The minimum Gasteiger partial charge on any atom is -0.386 e. The first-order valence-electron chi connectivity index (χ1n) is 11.2. The Hall–Kier alpha value is -2.75. The van der Waals surface area contributed by atoms with E-state index in [0.29, 0.717) is 31.8 Å². The van der Waals surface area contributed by atoms with E-state index in [0.717, 1.165) is 16.9 Å². The number of nitrogens with zero attached hydrogens (tertiary/aromatic N) is 3. The second-order valence-electron chi connectivity index (χ2n) is 8.97. The van der Waals surface area contributed by atoms with Gasteiger partial charge in [-0.1, -0.05) is 0 Å². The van der Waals surface area contributed by atoms with Crippen LogP contribution in [0.1, 0.15) is 50.1 Å². The van der Waals surface area contributed by atoms with Gasteiger partial charge >= 0.3 is 0 Å². The number of amides is 1. The van der Waals surface area contributed by atoms with Crippen molar-refractivity contribution in [3.63, 3.8) is 0 Å². The summed E-state index contributed by atoms with van der Waals surface area (Å²) in [6, 6.07) is 6.08. The van der Waals surface area contributed by atoms with E-state index >= 15 is 0 Å². The number of rotatable bonds is 5. The van der Waals surface area contributed by atoms with Crippen LogP contribution in [0.15, 0.2) is 18.2 Å². The fourth-order valence-corrected chi connectivity index (χ4v) is 4.55. The van der Waals surface area contributed by atoms with Crippen LogP contribution in [0.3, 0.4) is 0 Å². The fourth-order valence-electron chi connectivity index (χ4n) is 4.55. The summed E-state index contributed by atoms with van der Waals surface area (Å²) in [7, 11) is 1.81. The van der Waals surface area contributed by atoms with Crippen molar-refractivity contribution >= 4 is 17.3 Å². The van der Waals surface area contributed by atoms with Crippen molar-refractivity contribution in [1.29, 1.82) is 0 Å². The fraction of sp³-hybridized carbons (Fsp3) is 0.591. The van der Waals surface area contributed by atoms with Crippen LogP contribution in [0.25, 0.3) is 11.4 Å². The van der Waals surface area contributed by atoms with Gasteiger partial charge in [0.15, 0.2) is 5.82 Å². The number of piperazine rings is 1. The standard InChI is InChI=1S/C22H31F2N7O/c1-13-11-31(12-14(2)26-13)21(32)20-28-19(29-30-20)15-4-5-17(25-3)18(10-15)27-16-6-8-22(23,24)9-7-16/h4-5,10,13-14,16,25-27H,6-9,11-12H2,1-3H3,(H,28,29,30)/t13-,14+. The molecule has 174 valence electrons. The summed E-state index contributed by atoms with van der Waals surface area (Å²) in [6.45, 7) is 5.33. The lowest BCUT2D eigenvalue weighted by Gasteiger charge is -2.35. The number of hydrogen-bond donors (Lipinski definition) is 4. The number of halogens is 2. The van der Waals surface area contributed by atoms with E-state index in [-0.39, 0.29) is 42.7 Å². The van der Waals surface area contributed by atoms with Gasteiger partial charge in [-0.15, -0.1) is 0 Å². The molecule has 2 fully saturated rings. The Morgan fingerprint density at radius 3 is 2.50 bits per heavy atom. The Morgan fingerprint density at radius 2 is 1.84 bits per heavy atom. The van der Waals surface area contributed by atoms with E-state index in [1.165, 1.54) is 0 Å². The Morgan fingerprint density at radius 1 is 1.16 bits per heavy atom. The summed E-state index contributed by atoms with van der Waals surface area (Å²) < 4.78 is 27.0. The van der Waals surface area contributed by atoms with Crippen LogP contribution >= 0.6 is 0 Å². The molecule has 1 aliphatic carbocycles. The summed E-state index contributed by atoms with van der Waals surface area (Å²) in [4.78, 5) is 19.1. The zero-order valence-corrected chi connectivity index (χ0v) is 18.7. The molecule has 0 bridgehead atoms. The maximum absolute atomic E-state index is 13.5. The molecule has 0 unspecified atom stereocenters. The third-order valence-corrected chi connectivity index (χ3v) is 6.16. The molecule has 2 aromatic rings. The third-order valence-electron chi connectivity index (χ3n) is 6.16. The van der Waals surface area contributed by atoms with Crippen LogP contribution < -0.4 is 16.0 Å². The smallest absolute Gasteiger partial charge is 0.291 e. The molecule has 8 nitrogen and oxygen atoms in total. The average Bonchev–Trinajstić information content (AvgIpc) is 3.24. The van der Waals surface area contributed by atoms with Gasteiger partial charge in [0, 0.05) is 56.7 Å². The highest BCUT2D eigenvalue weighted by atomic mass is 19.3. The first-order chi connectivity index (χ1) is 15.2. The number of carbonyl (C=O) groups is 1. The monoisotopic (exact) mass is 447 g/mol. The Bertz CT molecular complexity index is 944. The van der Waals surface area contributed by atoms with Crippen LogP contribution in [0.5, 0.6) is 0 Å². The Labute approximate surface area is 186 Å². The second-order valence-corrected chi connectivity index (χ2v) is 8.97. The molecular weight excluding hydrogens is 416 g/mol. The minimum atomic E-state index is -2.56. The van der Waals surface area contributed by atoms with Gasteiger partial charge in [-0.3, -0.25) is 9.89 Å². The van der Waals surface area contributed by atoms with Crippen LogP contribution in [0, 0.1) is 0 Å². The molecule has 4 rings (SSSR count). The molecule has 1 saturated carbocycles. The van der Waals surface area contributed by atoms with Crippen molar-refractivity contribution in [2.75, 3.05) is 30.8 Å². The molecule has 32 heavy (non-hydrogen) atoms. The largest absolute Gasteiger partial charge is 0.386 e. The predicted molar refractivity (Wildman–Crippen MR) is 120 cm³/mol. The van der Waals surface area contributed by atoms with E-state index < -0.39 is 5.92 Å². The van der Waals surface area contributed by atoms with Gasteiger partial charge in [0.05, 0.1) is 11.4 Å². The zero-order chi connectivity index (χ0) is 22.9. The number of H-pyrrole nitrogens is 1. The summed E-state index contributed by atoms with van der Waals surface area (Å²) in [5, 5.41) is 17.0. The van der Waals surface area contributed by atoms with Gasteiger partial charge in [-0.25, -0.2) is 13.8 Å². The van der Waals surface area contributed by atoms with Gasteiger partial charge in [0.2, 0.25) is 11.7 Å². The zero-order valence-electron chi connectivity index (χ0n) is 18.7. The van der Waals surface area contributed by atoms with Crippen LogP contribution in [0.2, 0.25) is 0 Å². The molecule has 0 radical (unpaired) electrons. The lowest BCUT2D eigenvalue weighted by molar-refractivity contribution is -0.0360. The Kier molecular flexibility index (Phi) is 6.32. The number of hydrogen-bond acceptors (Lipinski definition) is 6. The summed E-state index contributed by atoms with van der Waals surface area (Å²) in [5.74, 6) is -2.10. The first-order valence-corrected chi connectivity index (χ1v) is 11.2. The van der Waals surface area contributed by atoms with Crippen molar-refractivity contribution in [2.45, 2.75) is 63.6 Å². The number of benzene rings is 1. The van der Waals surface area contributed by atoms with Gasteiger partial charge in [-0.2, -0.15) is 5.10 Å². The quantitative estimate of drug-likeness (QED) is 0.561. The van der Waals surface area contributed by atoms with E-state index in [1.807, 2.05) is 39.1 Å². The molecule has 1 amide bonds. The topological polar surface area (TPSA) is 98.0 Å². The molecule has 0 spiro atoms. The highest BCUT2D eigenvalue weighted by Gasteiger charge is 2.35. The van der Waals surface area contributed by atoms with Gasteiger partial charge < -0.3 is 20.9 Å². The van der Waals surface area contributed by atoms with E-state index in [2.05, 4.69) is 31.1 Å². The molecule has 2 aliphatic rings. The highest BCUT2D eigenvalue weighted by Crippen LogP contribution is 2.36. The maximum Gasteiger partial charge on any atom is 0.291 e. The lowest BCUT2D eigenvalue weighted by Crippen LogP contribution is -2.56. The van der Waals surface area contributed by atoms with Gasteiger partial charge in [0.1, 0.15) is 0 Å². The molecular formula is C22H31F2N7O. The first kappa shape index (κ1) is 22.4. The van der Waals surface area contributed by atoms with Crippen LogP contribution in [-0.2, 0) is 0 Å². The third kappa shape index (κ3) is 5.01. The molecule has 10 heteroatoms. The van der Waals surface area contributed by atoms with Crippen molar-refractivity contribution in [2.24, 2.45) is 0 Å². The molecule has 1 aromatic carbocycles. The molecule has 4 N–H and O–H groups in total. The van der Waals surface area contributed by atoms with E-state index in [9.17, 15) is 13.6 Å². The Balaban J connectivity index is 1.50. The highest BCUT2D eigenvalue weighted by molar-refractivity contribution is 5.91. The van der Waals surface area contributed by atoms with E-state index in [4.69, 9.17) is 0 Å².